The monoisotopic (exact) mass is 312 g/mol. The number of nitrogens with one attached hydrogen (secondary N) is 1. The summed E-state index contributed by atoms with van der Waals surface area (Å²) in [5, 5.41) is 3.58. The fraction of sp³-hybridized carbons (Fsp3) is 0.444. The number of benzene rings is 1. The van der Waals surface area contributed by atoms with Gasteiger partial charge in [-0.05, 0) is 55.0 Å². The predicted molar refractivity (Wildman–Crippen MR) is 93.4 cm³/mol. The summed E-state index contributed by atoms with van der Waals surface area (Å²) in [5.41, 5.74) is 2.81. The fourth-order valence-electron chi connectivity index (χ4n) is 3.05. The second kappa shape index (κ2) is 6.86. The normalized spacial score (nSPS) is 17.1. The van der Waals surface area contributed by atoms with Crippen LogP contribution in [0.1, 0.15) is 24.0 Å². The highest BCUT2D eigenvalue weighted by atomic mass is 16.5. The van der Waals surface area contributed by atoms with E-state index in [-0.39, 0.29) is 0 Å². The lowest BCUT2D eigenvalue weighted by Crippen LogP contribution is -2.23. The Morgan fingerprint density at radius 2 is 2.09 bits per heavy atom. The van der Waals surface area contributed by atoms with Gasteiger partial charge in [0.1, 0.15) is 11.6 Å². The Hall–Kier alpha value is -2.30. The van der Waals surface area contributed by atoms with Crippen LogP contribution in [0.4, 0.5) is 11.8 Å². The summed E-state index contributed by atoms with van der Waals surface area (Å²) in [4.78, 5) is 10.7. The van der Waals surface area contributed by atoms with E-state index < -0.39 is 0 Å². The maximum absolute atomic E-state index is 5.37. The van der Waals surface area contributed by atoms with Crippen LogP contribution in [0, 0.1) is 0 Å². The molecular formula is C18H24N4O. The Morgan fingerprint density at radius 3 is 2.87 bits per heavy atom. The molecule has 0 saturated heterocycles. The molecule has 0 radical (unpaired) electrons. The zero-order chi connectivity index (χ0) is 16.2. The maximum atomic E-state index is 5.37. The first kappa shape index (κ1) is 15.6. The topological polar surface area (TPSA) is 50.3 Å². The van der Waals surface area contributed by atoms with Gasteiger partial charge in [0, 0.05) is 26.3 Å². The van der Waals surface area contributed by atoms with Gasteiger partial charge in [0.25, 0.3) is 0 Å². The van der Waals surface area contributed by atoms with Gasteiger partial charge in [0.2, 0.25) is 5.95 Å². The summed E-state index contributed by atoms with van der Waals surface area (Å²) in [6.07, 6.45) is 6.25. The fourth-order valence-corrected chi connectivity index (χ4v) is 3.05. The van der Waals surface area contributed by atoms with Crippen molar-refractivity contribution in [2.24, 2.45) is 0 Å². The minimum Gasteiger partial charge on any atom is -0.497 e. The highest BCUT2D eigenvalue weighted by Crippen LogP contribution is 2.26. The van der Waals surface area contributed by atoms with Crippen molar-refractivity contribution in [3.63, 3.8) is 0 Å². The Balaban J connectivity index is 1.77. The van der Waals surface area contributed by atoms with Crippen LogP contribution in [0.2, 0.25) is 0 Å². The third kappa shape index (κ3) is 3.73. The van der Waals surface area contributed by atoms with Gasteiger partial charge in [-0.25, -0.2) is 4.98 Å². The quantitative estimate of drug-likeness (QED) is 0.880. The van der Waals surface area contributed by atoms with Gasteiger partial charge < -0.3 is 15.0 Å². The molecule has 0 spiro atoms. The van der Waals surface area contributed by atoms with Gasteiger partial charge in [0.15, 0.2) is 0 Å². The van der Waals surface area contributed by atoms with Crippen molar-refractivity contribution < 1.29 is 4.74 Å². The van der Waals surface area contributed by atoms with Crippen molar-refractivity contribution >= 4 is 11.8 Å². The molecule has 122 valence electrons. The van der Waals surface area contributed by atoms with E-state index in [9.17, 15) is 0 Å². The molecule has 1 heterocycles. The van der Waals surface area contributed by atoms with Crippen LogP contribution in [0.3, 0.4) is 0 Å². The minimum atomic E-state index is 0.383. The van der Waals surface area contributed by atoms with Crippen molar-refractivity contribution in [3.8, 4) is 5.75 Å². The summed E-state index contributed by atoms with van der Waals surface area (Å²) in [6, 6.07) is 8.74. The van der Waals surface area contributed by atoms with Crippen LogP contribution >= 0.6 is 0 Å². The molecular weight excluding hydrogens is 288 g/mol. The van der Waals surface area contributed by atoms with Crippen LogP contribution in [0.5, 0.6) is 5.75 Å². The number of fused-ring (bicyclic) bond motifs is 1. The number of aromatic nitrogens is 2. The van der Waals surface area contributed by atoms with Gasteiger partial charge in [-0.3, -0.25) is 0 Å². The van der Waals surface area contributed by atoms with Gasteiger partial charge in [-0.15, -0.1) is 0 Å². The van der Waals surface area contributed by atoms with Crippen LogP contribution in [0.15, 0.2) is 30.5 Å². The lowest BCUT2D eigenvalue weighted by molar-refractivity contribution is 0.414. The number of nitrogens with zero attached hydrogens (tertiary/aromatic N) is 3. The molecule has 1 aliphatic rings. The Morgan fingerprint density at radius 1 is 1.22 bits per heavy atom. The summed E-state index contributed by atoms with van der Waals surface area (Å²) in [6.45, 7) is 0. The third-order valence-electron chi connectivity index (χ3n) is 4.27. The largest absolute Gasteiger partial charge is 0.497 e. The molecule has 3 rings (SSSR count). The van der Waals surface area contributed by atoms with Gasteiger partial charge in [0.05, 0.1) is 7.11 Å². The van der Waals surface area contributed by atoms with E-state index in [2.05, 4.69) is 33.5 Å². The zero-order valence-corrected chi connectivity index (χ0v) is 14.0. The first-order valence-corrected chi connectivity index (χ1v) is 8.08. The minimum absolute atomic E-state index is 0.383. The number of methoxy groups -OCH3 is 1. The van der Waals surface area contributed by atoms with Crippen molar-refractivity contribution in [1.29, 1.82) is 0 Å². The highest BCUT2D eigenvalue weighted by Gasteiger charge is 2.18. The average molecular weight is 312 g/mol. The molecule has 0 aliphatic heterocycles. The van der Waals surface area contributed by atoms with Gasteiger partial charge in [-0.2, -0.15) is 4.98 Å². The average Bonchev–Trinajstić information content (AvgIpc) is 2.75. The van der Waals surface area contributed by atoms with E-state index in [1.165, 1.54) is 17.5 Å². The summed E-state index contributed by atoms with van der Waals surface area (Å²) >= 11 is 0. The van der Waals surface area contributed by atoms with Crippen molar-refractivity contribution in [1.82, 2.24) is 9.97 Å². The molecule has 0 bridgehead atoms. The highest BCUT2D eigenvalue weighted by molar-refractivity contribution is 5.43. The molecule has 1 aromatic heterocycles. The van der Waals surface area contributed by atoms with E-state index in [1.54, 1.807) is 13.3 Å². The van der Waals surface area contributed by atoms with Gasteiger partial charge >= 0.3 is 0 Å². The number of rotatable bonds is 4. The molecule has 1 unspecified atom stereocenters. The summed E-state index contributed by atoms with van der Waals surface area (Å²) in [7, 11) is 5.62. The molecule has 2 aromatic rings. The van der Waals surface area contributed by atoms with E-state index in [0.717, 1.165) is 36.8 Å². The predicted octanol–water partition coefficient (Wildman–Crippen LogP) is 2.91. The number of ether oxygens (including phenoxy) is 1. The second-order valence-electron chi connectivity index (χ2n) is 6.21. The smallest absolute Gasteiger partial charge is 0.226 e. The SMILES string of the molecule is COc1ccc2c(c1)CC(Nc1ccnc(N(C)C)n1)CCC2. The standard InChI is InChI=1S/C18H24N4O/c1-22(2)18-19-10-9-17(21-18)20-15-6-4-5-13-7-8-16(23-3)12-14(13)11-15/h7-10,12,15H,4-6,11H2,1-3H3,(H,19,20,21). The number of anilines is 2. The van der Waals surface area contributed by atoms with E-state index >= 15 is 0 Å². The van der Waals surface area contributed by atoms with Crippen LogP contribution in [-0.4, -0.2) is 37.2 Å². The zero-order valence-electron chi connectivity index (χ0n) is 14.0. The van der Waals surface area contributed by atoms with E-state index in [4.69, 9.17) is 4.74 Å². The molecule has 1 N–H and O–H groups in total. The van der Waals surface area contributed by atoms with Crippen LogP contribution in [0.25, 0.3) is 0 Å². The Bertz CT molecular complexity index is 672. The van der Waals surface area contributed by atoms with Crippen LogP contribution in [-0.2, 0) is 12.8 Å². The molecule has 23 heavy (non-hydrogen) atoms. The van der Waals surface area contributed by atoms with E-state index in [1.807, 2.05) is 25.1 Å². The van der Waals surface area contributed by atoms with Crippen molar-refractivity contribution in [3.05, 3.63) is 41.6 Å². The number of hydrogen-bond acceptors (Lipinski definition) is 5. The molecule has 1 aromatic carbocycles. The molecule has 1 atom stereocenters. The molecule has 1 aliphatic carbocycles. The lowest BCUT2D eigenvalue weighted by Gasteiger charge is -2.19. The third-order valence-corrected chi connectivity index (χ3v) is 4.27. The molecule has 5 heteroatoms. The molecule has 0 amide bonds. The second-order valence-corrected chi connectivity index (χ2v) is 6.21. The molecule has 5 nitrogen and oxygen atoms in total. The maximum Gasteiger partial charge on any atom is 0.226 e. The van der Waals surface area contributed by atoms with Crippen LogP contribution < -0.4 is 15.0 Å². The van der Waals surface area contributed by atoms with Crippen molar-refractivity contribution in [2.75, 3.05) is 31.4 Å². The Labute approximate surface area is 137 Å². The summed E-state index contributed by atoms with van der Waals surface area (Å²) in [5.74, 6) is 2.55. The summed E-state index contributed by atoms with van der Waals surface area (Å²) < 4.78 is 5.37. The first-order valence-electron chi connectivity index (χ1n) is 8.08. The Kier molecular flexibility index (Phi) is 4.65. The molecule has 0 fully saturated rings. The van der Waals surface area contributed by atoms with Gasteiger partial charge in [-0.1, -0.05) is 6.07 Å². The van der Waals surface area contributed by atoms with Crippen molar-refractivity contribution in [2.45, 2.75) is 31.7 Å². The number of aryl methyl sites for hydroxylation is 1. The first-order chi connectivity index (χ1) is 11.2. The molecule has 0 saturated carbocycles. The lowest BCUT2D eigenvalue weighted by atomic mass is 10.0. The number of hydrogen-bond donors (Lipinski definition) is 1. The van der Waals surface area contributed by atoms with E-state index in [0.29, 0.717) is 6.04 Å².